The number of aromatic nitrogens is 1. The number of fused-ring (bicyclic) bond motifs is 1. The number of aliphatic hydroxyl groups is 1. The van der Waals surface area contributed by atoms with Crippen LogP contribution in [0.4, 0.5) is 13.9 Å². The van der Waals surface area contributed by atoms with E-state index >= 15 is 0 Å². The molecular formula is C25H16F2N2O4S. The number of amides is 1. The van der Waals surface area contributed by atoms with Crippen LogP contribution >= 0.6 is 11.3 Å². The normalized spacial score (nSPS) is 17.5. The summed E-state index contributed by atoms with van der Waals surface area (Å²) < 4.78 is 33.2. The molecule has 0 unspecified atom stereocenters. The van der Waals surface area contributed by atoms with Crippen LogP contribution in [0.1, 0.15) is 17.2 Å². The van der Waals surface area contributed by atoms with Gasteiger partial charge in [-0.15, -0.1) is 0 Å². The molecule has 6 nitrogen and oxygen atoms in total. The maximum Gasteiger partial charge on any atom is 0.301 e. The predicted octanol–water partition coefficient (Wildman–Crippen LogP) is 5.21. The summed E-state index contributed by atoms with van der Waals surface area (Å²) in [6, 6.07) is 14.7. The summed E-state index contributed by atoms with van der Waals surface area (Å²) in [6.07, 6.45) is 0. The summed E-state index contributed by atoms with van der Waals surface area (Å²) in [5.74, 6) is -2.87. The number of ketones is 1. The molecule has 1 aromatic heterocycles. The summed E-state index contributed by atoms with van der Waals surface area (Å²) in [7, 11) is 1.45. The van der Waals surface area contributed by atoms with Gasteiger partial charge in [0.05, 0.1) is 22.9 Å². The number of halogens is 2. The molecule has 2 heterocycles. The van der Waals surface area contributed by atoms with Crippen LogP contribution in [0.2, 0.25) is 0 Å². The van der Waals surface area contributed by atoms with Gasteiger partial charge in [0, 0.05) is 11.1 Å². The van der Waals surface area contributed by atoms with Gasteiger partial charge in [-0.3, -0.25) is 14.5 Å². The van der Waals surface area contributed by atoms with Gasteiger partial charge >= 0.3 is 5.91 Å². The second-order valence-corrected chi connectivity index (χ2v) is 8.54. The molecule has 1 saturated heterocycles. The van der Waals surface area contributed by atoms with Crippen molar-refractivity contribution in [2.24, 2.45) is 0 Å². The Bertz CT molecular complexity index is 1480. The monoisotopic (exact) mass is 478 g/mol. The fraction of sp³-hybridized carbons (Fsp3) is 0.0800. The van der Waals surface area contributed by atoms with Gasteiger partial charge < -0.3 is 9.84 Å². The molecular weight excluding hydrogens is 462 g/mol. The van der Waals surface area contributed by atoms with Gasteiger partial charge in [0.25, 0.3) is 5.78 Å². The lowest BCUT2D eigenvalue weighted by atomic mass is 9.94. The molecule has 34 heavy (non-hydrogen) atoms. The number of para-hydroxylation sites is 1. The van der Waals surface area contributed by atoms with Crippen molar-refractivity contribution in [3.05, 3.63) is 95.1 Å². The molecule has 5 rings (SSSR count). The van der Waals surface area contributed by atoms with Crippen molar-refractivity contribution in [2.75, 3.05) is 12.0 Å². The number of carbonyl (C=O) groups excluding carboxylic acids is 2. The summed E-state index contributed by atoms with van der Waals surface area (Å²) >= 11 is 1.05. The predicted molar refractivity (Wildman–Crippen MR) is 124 cm³/mol. The lowest BCUT2D eigenvalue weighted by molar-refractivity contribution is -0.132. The van der Waals surface area contributed by atoms with Gasteiger partial charge in [0.1, 0.15) is 29.2 Å². The molecule has 170 valence electrons. The number of hydrogen-bond acceptors (Lipinski definition) is 6. The van der Waals surface area contributed by atoms with Crippen LogP contribution in [0.5, 0.6) is 5.75 Å². The molecule has 0 radical (unpaired) electrons. The van der Waals surface area contributed by atoms with Gasteiger partial charge in [-0.05, 0) is 48.5 Å². The summed E-state index contributed by atoms with van der Waals surface area (Å²) in [6.45, 7) is 0. The molecule has 1 N–H and O–H groups in total. The molecule has 9 heteroatoms. The number of hydrogen-bond donors (Lipinski definition) is 1. The molecule has 1 atom stereocenters. The second-order valence-electron chi connectivity index (χ2n) is 7.53. The third kappa shape index (κ3) is 3.50. The summed E-state index contributed by atoms with van der Waals surface area (Å²) in [4.78, 5) is 32.1. The van der Waals surface area contributed by atoms with E-state index in [4.69, 9.17) is 4.74 Å². The molecule has 1 fully saturated rings. The van der Waals surface area contributed by atoms with Crippen LogP contribution in [-0.4, -0.2) is 28.9 Å². The lowest BCUT2D eigenvalue weighted by Gasteiger charge is -2.24. The zero-order chi connectivity index (χ0) is 24.0. The third-order valence-electron chi connectivity index (χ3n) is 5.54. The van der Waals surface area contributed by atoms with Gasteiger partial charge in [-0.25, -0.2) is 13.8 Å². The van der Waals surface area contributed by atoms with Crippen molar-refractivity contribution in [1.82, 2.24) is 4.98 Å². The Hall–Kier alpha value is -4.11. The average Bonchev–Trinajstić information content (AvgIpc) is 3.36. The van der Waals surface area contributed by atoms with Gasteiger partial charge in [-0.2, -0.15) is 0 Å². The highest BCUT2D eigenvalue weighted by Gasteiger charge is 2.49. The maximum atomic E-state index is 13.7. The highest BCUT2D eigenvalue weighted by Crippen LogP contribution is 2.46. The standard InChI is InChI=1S/C25H16F2N2O4S/c1-33-18-5-3-2-4-16(18)21-20(22(30)13-6-8-14(26)9-7-13)23(31)24(32)29(21)25-28-17-11-10-15(27)12-19(17)34-25/h2-12,21,30H,1H3/t21-/m1/s1. The molecule has 0 spiro atoms. The van der Waals surface area contributed by atoms with Crippen LogP contribution in [0, 0.1) is 11.6 Å². The first-order valence-corrected chi connectivity index (χ1v) is 11.0. The molecule has 4 aromatic rings. The minimum atomic E-state index is -1.08. The molecule has 1 aliphatic heterocycles. The largest absolute Gasteiger partial charge is 0.507 e. The van der Waals surface area contributed by atoms with Crippen LogP contribution in [-0.2, 0) is 9.59 Å². The Kier molecular flexibility index (Phi) is 5.33. The first-order valence-electron chi connectivity index (χ1n) is 10.1. The van der Waals surface area contributed by atoms with E-state index in [1.165, 1.54) is 42.3 Å². The van der Waals surface area contributed by atoms with Crippen molar-refractivity contribution in [1.29, 1.82) is 0 Å². The fourth-order valence-electron chi connectivity index (χ4n) is 3.97. The summed E-state index contributed by atoms with van der Waals surface area (Å²) in [5, 5.41) is 11.2. The van der Waals surface area contributed by atoms with E-state index in [0.29, 0.717) is 21.5 Å². The Morgan fingerprint density at radius 2 is 1.74 bits per heavy atom. The van der Waals surface area contributed by atoms with E-state index in [-0.39, 0.29) is 16.3 Å². The smallest absolute Gasteiger partial charge is 0.301 e. The highest BCUT2D eigenvalue weighted by atomic mass is 32.1. The quantitative estimate of drug-likeness (QED) is 0.248. The van der Waals surface area contributed by atoms with E-state index in [0.717, 1.165) is 23.5 Å². The highest BCUT2D eigenvalue weighted by molar-refractivity contribution is 7.22. The number of ether oxygens (including phenoxy) is 1. The van der Waals surface area contributed by atoms with E-state index in [1.54, 1.807) is 24.3 Å². The van der Waals surface area contributed by atoms with Crippen molar-refractivity contribution in [3.63, 3.8) is 0 Å². The van der Waals surface area contributed by atoms with Gasteiger partial charge in [0.15, 0.2) is 5.13 Å². The minimum Gasteiger partial charge on any atom is -0.507 e. The number of benzene rings is 3. The molecule has 0 saturated carbocycles. The summed E-state index contributed by atoms with van der Waals surface area (Å²) in [5.41, 5.74) is 0.885. The van der Waals surface area contributed by atoms with Gasteiger partial charge in [-0.1, -0.05) is 29.5 Å². The SMILES string of the molecule is COc1ccccc1[C@@H]1C(=C(O)c2ccc(F)cc2)C(=O)C(=O)N1c1nc2ccc(F)cc2s1. The van der Waals surface area contributed by atoms with Crippen LogP contribution in [0.25, 0.3) is 16.0 Å². The molecule has 3 aromatic carbocycles. The van der Waals surface area contributed by atoms with Crippen LogP contribution in [0.3, 0.4) is 0 Å². The zero-order valence-electron chi connectivity index (χ0n) is 17.7. The lowest BCUT2D eigenvalue weighted by Crippen LogP contribution is -2.29. The number of rotatable bonds is 4. The van der Waals surface area contributed by atoms with Crippen molar-refractivity contribution in [2.45, 2.75) is 6.04 Å². The number of anilines is 1. The number of nitrogens with zero attached hydrogens (tertiary/aromatic N) is 2. The topological polar surface area (TPSA) is 79.7 Å². The molecule has 1 aliphatic rings. The number of thiazole rings is 1. The van der Waals surface area contributed by atoms with E-state index in [9.17, 15) is 23.5 Å². The van der Waals surface area contributed by atoms with Crippen LogP contribution in [0.15, 0.2) is 72.3 Å². The second kappa shape index (κ2) is 8.35. The first kappa shape index (κ1) is 21.7. The van der Waals surface area contributed by atoms with E-state index < -0.39 is 35.1 Å². The number of Topliss-reactive ketones (excluding diaryl/α,β-unsaturated/α-hetero) is 1. The van der Waals surface area contributed by atoms with E-state index in [2.05, 4.69) is 4.98 Å². The Morgan fingerprint density at radius 1 is 1.03 bits per heavy atom. The van der Waals surface area contributed by atoms with E-state index in [1.807, 2.05) is 0 Å². The molecule has 0 aliphatic carbocycles. The average molecular weight is 478 g/mol. The third-order valence-corrected chi connectivity index (χ3v) is 6.56. The van der Waals surface area contributed by atoms with Crippen molar-refractivity contribution >= 4 is 44.1 Å². The Morgan fingerprint density at radius 3 is 2.47 bits per heavy atom. The first-order chi connectivity index (χ1) is 16.4. The minimum absolute atomic E-state index is 0.164. The number of carbonyl (C=O) groups is 2. The van der Waals surface area contributed by atoms with Crippen molar-refractivity contribution in [3.8, 4) is 5.75 Å². The fourth-order valence-corrected chi connectivity index (χ4v) is 4.99. The molecule has 1 amide bonds. The maximum absolute atomic E-state index is 13.7. The molecule has 0 bridgehead atoms. The van der Waals surface area contributed by atoms with Gasteiger partial charge in [0.2, 0.25) is 0 Å². The Labute approximate surface area is 196 Å². The van der Waals surface area contributed by atoms with Crippen molar-refractivity contribution < 1.29 is 28.2 Å². The Balaban J connectivity index is 1.76. The van der Waals surface area contributed by atoms with Crippen LogP contribution < -0.4 is 9.64 Å². The number of aliphatic hydroxyl groups excluding tert-OH is 1. The number of methoxy groups -OCH3 is 1. The zero-order valence-corrected chi connectivity index (χ0v) is 18.5.